The Labute approximate surface area is 103 Å². The van der Waals surface area contributed by atoms with E-state index in [2.05, 4.69) is 22.9 Å². The van der Waals surface area contributed by atoms with E-state index in [1.807, 2.05) is 0 Å². The molecule has 0 aliphatic carbocycles. The average molecular weight is 288 g/mol. The second-order valence-corrected chi connectivity index (χ2v) is 4.42. The standard InChI is InChI=1S/C11H14BrNO3/c1-8(6-12)7-16-10-3-4-11(13(14)15)9(2)5-10/h3-5,8H,6-7H2,1-2H3. The minimum absolute atomic E-state index is 0.126. The largest absolute Gasteiger partial charge is 0.493 e. The number of aryl methyl sites for hydroxylation is 1. The second-order valence-electron chi connectivity index (χ2n) is 3.78. The van der Waals surface area contributed by atoms with Crippen molar-refractivity contribution in [1.82, 2.24) is 0 Å². The van der Waals surface area contributed by atoms with Crippen molar-refractivity contribution in [3.8, 4) is 5.75 Å². The maximum atomic E-state index is 10.6. The van der Waals surface area contributed by atoms with Gasteiger partial charge in [0, 0.05) is 17.0 Å². The van der Waals surface area contributed by atoms with E-state index in [-0.39, 0.29) is 10.6 Å². The Hall–Kier alpha value is -1.10. The van der Waals surface area contributed by atoms with Crippen LogP contribution < -0.4 is 4.74 Å². The first kappa shape index (κ1) is 13.0. The maximum Gasteiger partial charge on any atom is 0.272 e. The monoisotopic (exact) mass is 287 g/mol. The summed E-state index contributed by atoms with van der Waals surface area (Å²) in [5.74, 6) is 1.09. The fourth-order valence-corrected chi connectivity index (χ4v) is 1.39. The van der Waals surface area contributed by atoms with E-state index in [1.165, 1.54) is 6.07 Å². The summed E-state index contributed by atoms with van der Waals surface area (Å²) in [7, 11) is 0. The van der Waals surface area contributed by atoms with E-state index < -0.39 is 0 Å². The van der Waals surface area contributed by atoms with Crippen LogP contribution >= 0.6 is 15.9 Å². The molecule has 1 atom stereocenters. The second kappa shape index (κ2) is 5.84. The molecule has 0 N–H and O–H groups in total. The van der Waals surface area contributed by atoms with Gasteiger partial charge in [0.15, 0.2) is 0 Å². The molecule has 88 valence electrons. The number of halogens is 1. The molecule has 0 aliphatic heterocycles. The van der Waals surface area contributed by atoms with Crippen LogP contribution in [0.1, 0.15) is 12.5 Å². The van der Waals surface area contributed by atoms with Gasteiger partial charge < -0.3 is 4.74 Å². The summed E-state index contributed by atoms with van der Waals surface area (Å²) in [6.07, 6.45) is 0. The normalized spacial score (nSPS) is 12.2. The Balaban J connectivity index is 2.70. The van der Waals surface area contributed by atoms with Crippen molar-refractivity contribution in [1.29, 1.82) is 0 Å². The van der Waals surface area contributed by atoms with E-state index in [4.69, 9.17) is 4.74 Å². The van der Waals surface area contributed by atoms with Crippen LogP contribution in [0.3, 0.4) is 0 Å². The van der Waals surface area contributed by atoms with E-state index in [0.29, 0.717) is 23.8 Å². The molecule has 0 amide bonds. The lowest BCUT2D eigenvalue weighted by Gasteiger charge is -2.10. The lowest BCUT2D eigenvalue weighted by Crippen LogP contribution is -2.09. The molecular formula is C11H14BrNO3. The predicted molar refractivity (Wildman–Crippen MR) is 66.3 cm³/mol. The SMILES string of the molecule is Cc1cc(OCC(C)CBr)ccc1[N+](=O)[O-]. The lowest BCUT2D eigenvalue weighted by molar-refractivity contribution is -0.385. The number of ether oxygens (including phenoxy) is 1. The van der Waals surface area contributed by atoms with E-state index in [1.54, 1.807) is 19.1 Å². The minimum atomic E-state index is -0.389. The van der Waals surface area contributed by atoms with Crippen molar-refractivity contribution in [3.05, 3.63) is 33.9 Å². The highest BCUT2D eigenvalue weighted by atomic mass is 79.9. The first-order valence-electron chi connectivity index (χ1n) is 4.98. The fraction of sp³-hybridized carbons (Fsp3) is 0.455. The van der Waals surface area contributed by atoms with E-state index in [9.17, 15) is 10.1 Å². The molecular weight excluding hydrogens is 274 g/mol. The van der Waals surface area contributed by atoms with Crippen molar-refractivity contribution in [2.45, 2.75) is 13.8 Å². The lowest BCUT2D eigenvalue weighted by atomic mass is 10.2. The topological polar surface area (TPSA) is 52.4 Å². The Kier molecular flexibility index (Phi) is 4.73. The van der Waals surface area contributed by atoms with Gasteiger partial charge in [-0.05, 0) is 25.0 Å². The molecule has 0 aromatic heterocycles. The molecule has 0 radical (unpaired) electrons. The van der Waals surface area contributed by atoms with Gasteiger partial charge in [0.1, 0.15) is 5.75 Å². The Morgan fingerprint density at radius 2 is 2.25 bits per heavy atom. The summed E-state index contributed by atoms with van der Waals surface area (Å²) in [6, 6.07) is 4.80. The minimum Gasteiger partial charge on any atom is -0.493 e. The smallest absolute Gasteiger partial charge is 0.272 e. The quantitative estimate of drug-likeness (QED) is 0.474. The number of nitrogens with zero attached hydrogens (tertiary/aromatic N) is 1. The number of benzene rings is 1. The zero-order valence-electron chi connectivity index (χ0n) is 9.27. The van der Waals surface area contributed by atoms with Crippen LogP contribution in [0.5, 0.6) is 5.75 Å². The summed E-state index contributed by atoms with van der Waals surface area (Å²) >= 11 is 3.36. The third-order valence-electron chi connectivity index (χ3n) is 2.16. The number of rotatable bonds is 5. The molecule has 1 aromatic rings. The number of hydrogen-bond donors (Lipinski definition) is 0. The van der Waals surface area contributed by atoms with Gasteiger partial charge in [-0.3, -0.25) is 10.1 Å². The van der Waals surface area contributed by atoms with Crippen LogP contribution in [0.4, 0.5) is 5.69 Å². The first-order chi connectivity index (χ1) is 7.54. The molecule has 0 spiro atoms. The van der Waals surface area contributed by atoms with Crippen molar-refractivity contribution in [3.63, 3.8) is 0 Å². The highest BCUT2D eigenvalue weighted by Crippen LogP contribution is 2.23. The molecule has 0 aliphatic rings. The summed E-state index contributed by atoms with van der Waals surface area (Å²) in [6.45, 7) is 4.37. The van der Waals surface area contributed by atoms with E-state index >= 15 is 0 Å². The third kappa shape index (κ3) is 3.48. The highest BCUT2D eigenvalue weighted by molar-refractivity contribution is 9.09. The third-order valence-corrected chi connectivity index (χ3v) is 3.27. The van der Waals surface area contributed by atoms with Gasteiger partial charge in [-0.2, -0.15) is 0 Å². The molecule has 16 heavy (non-hydrogen) atoms. The molecule has 0 saturated carbocycles. The van der Waals surface area contributed by atoms with Crippen LogP contribution in [-0.4, -0.2) is 16.9 Å². The van der Waals surface area contributed by atoms with Crippen LogP contribution in [0.2, 0.25) is 0 Å². The van der Waals surface area contributed by atoms with Crippen molar-refractivity contribution < 1.29 is 9.66 Å². The van der Waals surface area contributed by atoms with Crippen LogP contribution in [0.15, 0.2) is 18.2 Å². The predicted octanol–water partition coefficient (Wildman–Crippen LogP) is 3.31. The molecule has 5 heteroatoms. The molecule has 0 saturated heterocycles. The van der Waals surface area contributed by atoms with Crippen molar-refractivity contribution in [2.75, 3.05) is 11.9 Å². The van der Waals surface area contributed by atoms with Gasteiger partial charge in [-0.25, -0.2) is 0 Å². The zero-order chi connectivity index (χ0) is 12.1. The van der Waals surface area contributed by atoms with Gasteiger partial charge in [-0.15, -0.1) is 0 Å². The van der Waals surface area contributed by atoms with E-state index in [0.717, 1.165) is 5.33 Å². The van der Waals surface area contributed by atoms with Crippen molar-refractivity contribution >= 4 is 21.6 Å². The van der Waals surface area contributed by atoms with Gasteiger partial charge in [0.2, 0.25) is 0 Å². The fourth-order valence-electron chi connectivity index (χ4n) is 1.21. The molecule has 0 bridgehead atoms. The highest BCUT2D eigenvalue weighted by Gasteiger charge is 2.10. The molecule has 0 heterocycles. The molecule has 1 rings (SSSR count). The summed E-state index contributed by atoms with van der Waals surface area (Å²) in [4.78, 5) is 10.2. The zero-order valence-corrected chi connectivity index (χ0v) is 10.9. The number of nitro groups is 1. The van der Waals surface area contributed by atoms with Crippen molar-refractivity contribution in [2.24, 2.45) is 5.92 Å². The van der Waals surface area contributed by atoms with Gasteiger partial charge in [0.25, 0.3) is 5.69 Å². The van der Waals surface area contributed by atoms with Crippen LogP contribution in [-0.2, 0) is 0 Å². The van der Waals surface area contributed by atoms with Gasteiger partial charge >= 0.3 is 0 Å². The molecule has 4 nitrogen and oxygen atoms in total. The van der Waals surface area contributed by atoms with Crippen LogP contribution in [0.25, 0.3) is 0 Å². The van der Waals surface area contributed by atoms with Crippen LogP contribution in [0, 0.1) is 23.0 Å². The molecule has 0 fully saturated rings. The number of nitro benzene ring substituents is 1. The number of hydrogen-bond acceptors (Lipinski definition) is 3. The maximum absolute atomic E-state index is 10.6. The number of alkyl halides is 1. The Morgan fingerprint density at radius 3 is 2.75 bits per heavy atom. The first-order valence-corrected chi connectivity index (χ1v) is 6.10. The summed E-state index contributed by atoms with van der Waals surface area (Å²) in [5.41, 5.74) is 0.745. The summed E-state index contributed by atoms with van der Waals surface area (Å²) in [5, 5.41) is 11.5. The Bertz CT molecular complexity index is 381. The Morgan fingerprint density at radius 1 is 1.56 bits per heavy atom. The molecule has 1 unspecified atom stereocenters. The average Bonchev–Trinajstić information content (AvgIpc) is 2.25. The van der Waals surface area contributed by atoms with Gasteiger partial charge in [0.05, 0.1) is 11.5 Å². The summed E-state index contributed by atoms with van der Waals surface area (Å²) < 4.78 is 5.52. The molecule has 1 aromatic carbocycles. The van der Waals surface area contributed by atoms with Gasteiger partial charge in [-0.1, -0.05) is 22.9 Å².